The molecule has 200 valence electrons. The topological polar surface area (TPSA) is 109 Å². The van der Waals surface area contributed by atoms with Crippen LogP contribution in [0.2, 0.25) is 0 Å². The van der Waals surface area contributed by atoms with Crippen LogP contribution in [0.25, 0.3) is 6.08 Å². The zero-order valence-corrected chi connectivity index (χ0v) is 22.6. The van der Waals surface area contributed by atoms with Crippen molar-refractivity contribution in [3.05, 3.63) is 35.7 Å². The number of cyclic esters (lactones) is 1. The van der Waals surface area contributed by atoms with Crippen LogP contribution >= 0.6 is 0 Å². The molecule has 2 fully saturated rings. The minimum absolute atomic E-state index is 0.0538. The Morgan fingerprint density at radius 1 is 1.22 bits per heavy atom. The van der Waals surface area contributed by atoms with Crippen LogP contribution in [0.1, 0.15) is 85.8 Å². The first-order valence-corrected chi connectivity index (χ1v) is 13.3. The van der Waals surface area contributed by atoms with Crippen LogP contribution < -0.4 is 0 Å². The first-order chi connectivity index (χ1) is 16.9. The van der Waals surface area contributed by atoms with E-state index in [0.29, 0.717) is 12.8 Å². The molecule has 0 radical (unpaired) electrons. The number of pyridine rings is 1. The Morgan fingerprint density at radius 2 is 1.94 bits per heavy atom. The SMILES string of the molecule is CC[C@H]1C(=O)C(C)(C)[C@@H](O)CC(=O)O[C@H](C(C)=Cc2ccccn2)C[C@H]2O[C@@]2(C)CCC[C@H](C)[C@@H]1O. The van der Waals surface area contributed by atoms with Crippen molar-refractivity contribution in [1.82, 2.24) is 4.98 Å². The minimum Gasteiger partial charge on any atom is -0.458 e. The summed E-state index contributed by atoms with van der Waals surface area (Å²) < 4.78 is 12.0. The standard InChI is InChI=1S/C29H43NO6/c1-7-21-26(33)18(2)11-10-13-29(6)24(36-29)16-22(19(3)15-20-12-8-9-14-30-20)35-25(32)17-23(31)28(4,5)27(21)34/h8-9,12,14-15,18,21-24,26,31,33H,7,10-11,13,16-17H2,1-6H3/t18-,21+,22-,23-,24+,26-,29-/m0/s1. The molecule has 0 aromatic carbocycles. The van der Waals surface area contributed by atoms with Crippen molar-refractivity contribution < 1.29 is 29.3 Å². The van der Waals surface area contributed by atoms with Crippen LogP contribution in [0, 0.1) is 17.3 Å². The molecule has 0 bridgehead atoms. The fourth-order valence-corrected chi connectivity index (χ4v) is 5.30. The molecule has 0 unspecified atom stereocenters. The van der Waals surface area contributed by atoms with Gasteiger partial charge in [-0.1, -0.05) is 40.2 Å². The van der Waals surface area contributed by atoms with E-state index in [2.05, 4.69) is 11.9 Å². The predicted molar refractivity (Wildman–Crippen MR) is 138 cm³/mol. The molecule has 3 rings (SSSR count). The first kappa shape index (κ1) is 28.5. The highest BCUT2D eigenvalue weighted by Crippen LogP contribution is 2.45. The molecule has 0 saturated carbocycles. The molecular formula is C29H43NO6. The Balaban J connectivity index is 1.87. The Hall–Kier alpha value is -2.09. The highest BCUT2D eigenvalue weighted by atomic mass is 16.6. The highest BCUT2D eigenvalue weighted by Gasteiger charge is 2.53. The van der Waals surface area contributed by atoms with Crippen LogP contribution in [0.5, 0.6) is 0 Å². The van der Waals surface area contributed by atoms with Crippen molar-refractivity contribution in [1.29, 1.82) is 0 Å². The predicted octanol–water partition coefficient (Wildman–Crippen LogP) is 4.50. The van der Waals surface area contributed by atoms with E-state index in [9.17, 15) is 19.8 Å². The van der Waals surface area contributed by atoms with Gasteiger partial charge in [0.1, 0.15) is 11.9 Å². The van der Waals surface area contributed by atoms with Crippen LogP contribution in [0.4, 0.5) is 0 Å². The number of hydrogen-bond acceptors (Lipinski definition) is 7. The molecule has 3 heterocycles. The largest absolute Gasteiger partial charge is 0.458 e. The number of rotatable bonds is 3. The molecule has 1 aromatic heterocycles. The molecule has 0 aliphatic carbocycles. The number of ether oxygens (including phenoxy) is 2. The summed E-state index contributed by atoms with van der Waals surface area (Å²) in [6.07, 6.45) is 4.11. The molecule has 7 atom stereocenters. The van der Waals surface area contributed by atoms with Crippen LogP contribution in [0.3, 0.4) is 0 Å². The van der Waals surface area contributed by atoms with Gasteiger partial charge in [0.15, 0.2) is 0 Å². The second-order valence-electron chi connectivity index (χ2n) is 11.5. The first-order valence-electron chi connectivity index (χ1n) is 13.3. The molecule has 0 spiro atoms. The lowest BCUT2D eigenvalue weighted by atomic mass is 9.71. The third-order valence-corrected chi connectivity index (χ3v) is 8.24. The van der Waals surface area contributed by atoms with Gasteiger partial charge in [-0.05, 0) is 62.8 Å². The number of ketones is 1. The average molecular weight is 502 g/mol. The summed E-state index contributed by atoms with van der Waals surface area (Å²) in [5.41, 5.74) is 0.0968. The van der Waals surface area contributed by atoms with Gasteiger partial charge in [0.05, 0.1) is 41.4 Å². The lowest BCUT2D eigenvalue weighted by Crippen LogP contribution is -2.46. The number of hydrogen-bond donors (Lipinski definition) is 2. The summed E-state index contributed by atoms with van der Waals surface area (Å²) in [4.78, 5) is 30.8. The second-order valence-corrected chi connectivity index (χ2v) is 11.5. The number of esters is 1. The number of epoxide rings is 1. The Morgan fingerprint density at radius 3 is 2.58 bits per heavy atom. The number of Topliss-reactive ketones (excluding diaryl/α,β-unsaturated/α-hetero) is 1. The van der Waals surface area contributed by atoms with E-state index in [1.807, 2.05) is 45.0 Å². The Labute approximate surface area is 215 Å². The fraction of sp³-hybridized carbons (Fsp3) is 0.690. The van der Waals surface area contributed by atoms with Crippen molar-refractivity contribution in [2.24, 2.45) is 17.3 Å². The van der Waals surface area contributed by atoms with E-state index >= 15 is 0 Å². The molecule has 7 nitrogen and oxygen atoms in total. The summed E-state index contributed by atoms with van der Waals surface area (Å²) >= 11 is 0. The maximum absolute atomic E-state index is 13.4. The van der Waals surface area contributed by atoms with Crippen molar-refractivity contribution in [2.45, 2.75) is 110 Å². The van der Waals surface area contributed by atoms with Crippen molar-refractivity contribution >= 4 is 17.8 Å². The zero-order valence-electron chi connectivity index (χ0n) is 22.6. The number of carbonyl (C=O) groups is 2. The van der Waals surface area contributed by atoms with Gasteiger partial charge in [-0.15, -0.1) is 0 Å². The molecule has 0 amide bonds. The van der Waals surface area contributed by atoms with Crippen LogP contribution in [-0.2, 0) is 19.1 Å². The van der Waals surface area contributed by atoms with Gasteiger partial charge in [0.2, 0.25) is 0 Å². The number of nitrogens with zero attached hydrogens (tertiary/aromatic N) is 1. The molecule has 2 aliphatic rings. The quantitative estimate of drug-likeness (QED) is 0.464. The molecule has 2 saturated heterocycles. The molecule has 1 aromatic rings. The third-order valence-electron chi connectivity index (χ3n) is 8.24. The van der Waals surface area contributed by atoms with Gasteiger partial charge in [0, 0.05) is 18.5 Å². The summed E-state index contributed by atoms with van der Waals surface area (Å²) in [6, 6.07) is 5.63. The number of aliphatic hydroxyl groups excluding tert-OH is 2. The lowest BCUT2D eigenvalue weighted by Gasteiger charge is -2.35. The summed E-state index contributed by atoms with van der Waals surface area (Å²) in [7, 11) is 0. The van der Waals surface area contributed by atoms with Crippen molar-refractivity contribution in [2.75, 3.05) is 0 Å². The molecule has 36 heavy (non-hydrogen) atoms. The van der Waals surface area contributed by atoms with E-state index in [0.717, 1.165) is 30.5 Å². The average Bonchev–Trinajstić information content (AvgIpc) is 3.47. The van der Waals surface area contributed by atoms with E-state index in [1.165, 1.54) is 0 Å². The van der Waals surface area contributed by atoms with Gasteiger partial charge in [-0.2, -0.15) is 0 Å². The molecule has 2 aliphatic heterocycles. The summed E-state index contributed by atoms with van der Waals surface area (Å²) in [5.74, 6) is -1.47. The number of aliphatic hydroxyl groups is 2. The molecule has 7 heteroatoms. The van der Waals surface area contributed by atoms with E-state index in [-0.39, 0.29) is 29.8 Å². The zero-order chi connectivity index (χ0) is 26.7. The maximum Gasteiger partial charge on any atom is 0.309 e. The normalized spacial score (nSPS) is 36.6. The van der Waals surface area contributed by atoms with Gasteiger partial charge in [-0.3, -0.25) is 14.6 Å². The van der Waals surface area contributed by atoms with Crippen LogP contribution in [0.15, 0.2) is 30.0 Å². The smallest absolute Gasteiger partial charge is 0.309 e. The lowest BCUT2D eigenvalue weighted by molar-refractivity contribution is -0.154. The fourth-order valence-electron chi connectivity index (χ4n) is 5.30. The van der Waals surface area contributed by atoms with Crippen molar-refractivity contribution in [3.63, 3.8) is 0 Å². The monoisotopic (exact) mass is 501 g/mol. The van der Waals surface area contributed by atoms with Gasteiger partial charge in [-0.25, -0.2) is 0 Å². The Kier molecular flexibility index (Phi) is 9.12. The van der Waals surface area contributed by atoms with Gasteiger partial charge >= 0.3 is 5.97 Å². The summed E-state index contributed by atoms with van der Waals surface area (Å²) in [6.45, 7) is 11.1. The second kappa shape index (κ2) is 11.5. The molecular weight excluding hydrogens is 458 g/mol. The van der Waals surface area contributed by atoms with E-state index in [4.69, 9.17) is 9.47 Å². The Bertz CT molecular complexity index is 944. The third kappa shape index (κ3) is 6.61. The minimum atomic E-state index is -1.23. The van der Waals surface area contributed by atoms with Gasteiger partial charge < -0.3 is 19.7 Å². The van der Waals surface area contributed by atoms with Crippen molar-refractivity contribution in [3.8, 4) is 0 Å². The van der Waals surface area contributed by atoms with E-state index < -0.39 is 35.6 Å². The number of aromatic nitrogens is 1. The summed E-state index contributed by atoms with van der Waals surface area (Å²) in [5, 5.41) is 22.0. The van der Waals surface area contributed by atoms with Gasteiger partial charge in [0.25, 0.3) is 0 Å². The number of carbonyl (C=O) groups excluding carboxylic acids is 2. The maximum atomic E-state index is 13.4. The molecule has 2 N–H and O–H groups in total. The number of fused-ring (bicyclic) bond motifs is 1. The van der Waals surface area contributed by atoms with Crippen LogP contribution in [-0.4, -0.2) is 57.0 Å². The highest BCUT2D eigenvalue weighted by molar-refractivity contribution is 5.88. The van der Waals surface area contributed by atoms with E-state index in [1.54, 1.807) is 20.0 Å².